The Balaban J connectivity index is 1.65. The van der Waals surface area contributed by atoms with Crippen molar-refractivity contribution >= 4 is 51.9 Å². The van der Waals surface area contributed by atoms with E-state index >= 15 is 0 Å². The van der Waals surface area contributed by atoms with Crippen LogP contribution in [0, 0.1) is 9.49 Å². The van der Waals surface area contributed by atoms with Crippen LogP contribution in [0.3, 0.4) is 0 Å². The van der Waals surface area contributed by atoms with Gasteiger partial charge in [0.25, 0.3) is 5.91 Å². The van der Waals surface area contributed by atoms with Crippen molar-refractivity contribution < 1.29 is 24.2 Å². The first-order valence-electron chi connectivity index (χ1n) is 11.6. The molecule has 0 saturated heterocycles. The van der Waals surface area contributed by atoms with Gasteiger partial charge in [0.1, 0.15) is 11.9 Å². The maximum atomic E-state index is 12.6. The van der Waals surface area contributed by atoms with Gasteiger partial charge in [-0.1, -0.05) is 43.3 Å². The molecule has 0 spiro atoms. The molecule has 9 heteroatoms. The number of phenolic OH excluding ortho intramolecular Hbond substituents is 1. The Labute approximate surface area is 229 Å². The lowest BCUT2D eigenvalue weighted by Crippen LogP contribution is -2.33. The van der Waals surface area contributed by atoms with Crippen LogP contribution in [0.1, 0.15) is 41.8 Å². The number of anilines is 2. The monoisotopic (exact) mass is 613 g/mol. The molecule has 5 N–H and O–H groups in total. The summed E-state index contributed by atoms with van der Waals surface area (Å²) in [4.78, 5) is 37.2. The number of carbonyl (C=O) groups excluding carboxylic acids is 3. The third-order valence-electron chi connectivity index (χ3n) is 5.58. The highest BCUT2D eigenvalue weighted by molar-refractivity contribution is 14.1. The molecule has 0 bridgehead atoms. The zero-order valence-corrected chi connectivity index (χ0v) is 22.3. The fourth-order valence-corrected chi connectivity index (χ4v) is 4.14. The topological polar surface area (TPSA) is 131 Å². The van der Waals surface area contributed by atoms with E-state index in [1.165, 1.54) is 12.1 Å². The molecule has 3 aromatic rings. The molecule has 0 heterocycles. The van der Waals surface area contributed by atoms with Crippen molar-refractivity contribution in [2.45, 2.75) is 25.9 Å². The van der Waals surface area contributed by atoms with Crippen molar-refractivity contribution in [1.82, 2.24) is 5.32 Å². The van der Waals surface area contributed by atoms with Gasteiger partial charge >= 0.3 is 6.09 Å². The Kier molecular flexibility index (Phi) is 10.1. The molecular weight excluding hydrogens is 585 g/mol. The quantitative estimate of drug-likeness (QED) is 0.137. The maximum Gasteiger partial charge on any atom is 0.414 e. The van der Waals surface area contributed by atoms with Gasteiger partial charge in [0, 0.05) is 14.7 Å². The first kappa shape index (κ1) is 27.7. The van der Waals surface area contributed by atoms with E-state index in [2.05, 4.69) is 33.2 Å². The summed E-state index contributed by atoms with van der Waals surface area (Å²) in [6.45, 7) is 1.87. The lowest BCUT2D eigenvalue weighted by molar-refractivity contribution is -0.111. The van der Waals surface area contributed by atoms with Gasteiger partial charge in [-0.25, -0.2) is 4.79 Å². The number of imide groups is 1. The maximum absolute atomic E-state index is 12.6. The minimum absolute atomic E-state index is 0.0187. The molecule has 0 saturated carbocycles. The number of benzene rings is 3. The van der Waals surface area contributed by atoms with Gasteiger partial charge in [-0.05, 0) is 89.9 Å². The van der Waals surface area contributed by atoms with Crippen LogP contribution in [0.2, 0.25) is 0 Å². The number of para-hydroxylation sites is 2. The van der Waals surface area contributed by atoms with Gasteiger partial charge in [-0.2, -0.15) is 0 Å². The van der Waals surface area contributed by atoms with Gasteiger partial charge in [-0.15, -0.1) is 0 Å². The van der Waals surface area contributed by atoms with E-state index in [9.17, 15) is 19.5 Å². The number of alkyl carbamates (subject to hydrolysis) is 1. The van der Waals surface area contributed by atoms with Crippen molar-refractivity contribution in [3.8, 4) is 5.75 Å². The second-order valence-electron chi connectivity index (χ2n) is 8.38. The zero-order chi connectivity index (χ0) is 26.8. The van der Waals surface area contributed by atoms with Crippen molar-refractivity contribution in [2.75, 3.05) is 11.1 Å². The predicted molar refractivity (Wildman–Crippen MR) is 151 cm³/mol. The number of rotatable bonds is 9. The van der Waals surface area contributed by atoms with E-state index < -0.39 is 18.1 Å². The fourth-order valence-electron chi connectivity index (χ4n) is 3.62. The molecule has 3 amide bonds. The number of hydrogen-bond donors (Lipinski definition) is 4. The highest BCUT2D eigenvalue weighted by atomic mass is 127. The summed E-state index contributed by atoms with van der Waals surface area (Å²) < 4.78 is 6.50. The highest BCUT2D eigenvalue weighted by Gasteiger charge is 2.27. The molecule has 0 aliphatic heterocycles. The minimum Gasteiger partial charge on any atom is -0.508 e. The van der Waals surface area contributed by atoms with E-state index in [0.29, 0.717) is 35.3 Å². The fraction of sp³-hybridized carbons (Fsp3) is 0.179. The third-order valence-corrected chi connectivity index (χ3v) is 6.25. The number of amides is 3. The number of carbonyl (C=O) groups is 3. The normalized spacial score (nSPS) is 12.5. The van der Waals surface area contributed by atoms with Crippen LogP contribution in [-0.2, 0) is 9.53 Å². The zero-order valence-electron chi connectivity index (χ0n) is 20.2. The number of allylic oxidation sites excluding steroid dienone is 1. The lowest BCUT2D eigenvalue weighted by atomic mass is 9.92. The highest BCUT2D eigenvalue weighted by Crippen LogP contribution is 2.35. The molecule has 3 aromatic carbocycles. The van der Waals surface area contributed by atoms with Crippen LogP contribution in [0.4, 0.5) is 16.2 Å². The number of hydrogen-bond acceptors (Lipinski definition) is 6. The SMILES string of the molecule is C[C@@H](CC/C=C/C(=O)Nc1ccccc1N)[C@@H](OC(=O)NC(=O)c1ccccc1)c1cc(I)ccc1O. The van der Waals surface area contributed by atoms with Gasteiger partial charge in [-0.3, -0.25) is 14.9 Å². The smallest absolute Gasteiger partial charge is 0.414 e. The number of nitrogen functional groups attached to an aromatic ring is 1. The largest absolute Gasteiger partial charge is 0.508 e. The average molecular weight is 613 g/mol. The molecule has 8 nitrogen and oxygen atoms in total. The third kappa shape index (κ3) is 8.35. The van der Waals surface area contributed by atoms with Crippen LogP contribution < -0.4 is 16.4 Å². The van der Waals surface area contributed by atoms with Gasteiger partial charge < -0.3 is 20.9 Å². The van der Waals surface area contributed by atoms with Crippen LogP contribution in [-0.4, -0.2) is 23.0 Å². The number of ether oxygens (including phenoxy) is 1. The average Bonchev–Trinajstić information content (AvgIpc) is 2.88. The summed E-state index contributed by atoms with van der Waals surface area (Å²) >= 11 is 2.11. The van der Waals surface area contributed by atoms with Gasteiger partial charge in [0.15, 0.2) is 0 Å². The molecule has 0 unspecified atom stereocenters. The van der Waals surface area contributed by atoms with Crippen LogP contribution >= 0.6 is 22.6 Å². The minimum atomic E-state index is -0.917. The van der Waals surface area contributed by atoms with E-state index in [1.54, 1.807) is 72.8 Å². The van der Waals surface area contributed by atoms with Gasteiger partial charge in [0.05, 0.1) is 11.4 Å². The van der Waals surface area contributed by atoms with Crippen molar-refractivity contribution in [3.63, 3.8) is 0 Å². The van der Waals surface area contributed by atoms with E-state index in [4.69, 9.17) is 10.5 Å². The summed E-state index contributed by atoms with van der Waals surface area (Å²) in [6.07, 6.45) is 2.43. The summed E-state index contributed by atoms with van der Waals surface area (Å²) in [5, 5.41) is 15.4. The molecule has 0 aromatic heterocycles. The Morgan fingerprint density at radius 1 is 1.05 bits per heavy atom. The number of nitrogens with two attached hydrogens (primary N) is 1. The standard InChI is InChI=1S/C28H28IN3O5/c1-18(9-5-8-14-25(34)31-23-13-7-6-12-22(23)30)26(21-17-20(29)15-16-24(21)33)37-28(36)32-27(35)19-10-3-2-4-11-19/h2-4,6-8,10-18,26,33H,5,9,30H2,1H3,(H,31,34)(H,32,35,36)/b14-8+/t18-,26+/m0/s1. The number of nitrogens with one attached hydrogen (secondary N) is 2. The number of phenols is 1. The lowest BCUT2D eigenvalue weighted by Gasteiger charge is -2.25. The van der Waals surface area contributed by atoms with Gasteiger partial charge in [0.2, 0.25) is 5.91 Å². The predicted octanol–water partition coefficient (Wildman–Crippen LogP) is 5.80. The first-order valence-corrected chi connectivity index (χ1v) is 12.7. The Bertz CT molecular complexity index is 1280. The van der Waals surface area contributed by atoms with Crippen molar-refractivity contribution in [2.24, 2.45) is 5.92 Å². The number of aromatic hydroxyl groups is 1. The van der Waals surface area contributed by atoms with E-state index in [0.717, 1.165) is 3.57 Å². The molecule has 0 fully saturated rings. The van der Waals surface area contributed by atoms with Crippen LogP contribution in [0.15, 0.2) is 84.9 Å². The second-order valence-corrected chi connectivity index (χ2v) is 9.63. The second kappa shape index (κ2) is 13.4. The molecular formula is C28H28IN3O5. The molecule has 2 atom stereocenters. The molecule has 37 heavy (non-hydrogen) atoms. The van der Waals surface area contributed by atoms with E-state index in [1.807, 2.05) is 6.92 Å². The summed E-state index contributed by atoms with van der Waals surface area (Å²) in [6, 6.07) is 20.3. The molecule has 0 radical (unpaired) electrons. The molecule has 3 rings (SSSR count). The van der Waals surface area contributed by atoms with Crippen molar-refractivity contribution in [3.05, 3.63) is 99.6 Å². The Hall–Kier alpha value is -3.86. The Morgan fingerprint density at radius 3 is 2.49 bits per heavy atom. The van der Waals surface area contributed by atoms with Crippen LogP contribution in [0.5, 0.6) is 5.75 Å². The number of halogens is 1. The molecule has 192 valence electrons. The molecule has 0 aliphatic carbocycles. The van der Waals surface area contributed by atoms with E-state index in [-0.39, 0.29) is 17.6 Å². The first-order chi connectivity index (χ1) is 17.7. The van der Waals surface area contributed by atoms with Crippen molar-refractivity contribution in [1.29, 1.82) is 0 Å². The van der Waals surface area contributed by atoms with Crippen LogP contribution in [0.25, 0.3) is 0 Å². The Morgan fingerprint density at radius 2 is 1.76 bits per heavy atom. The summed E-state index contributed by atoms with van der Waals surface area (Å²) in [5.74, 6) is -1.17. The summed E-state index contributed by atoms with van der Waals surface area (Å²) in [7, 11) is 0. The summed E-state index contributed by atoms with van der Waals surface area (Å²) in [5.41, 5.74) is 7.61. The molecule has 0 aliphatic rings.